The molecule has 1 fully saturated rings. The van der Waals surface area contributed by atoms with Crippen molar-refractivity contribution in [1.82, 2.24) is 30.4 Å². The van der Waals surface area contributed by atoms with Gasteiger partial charge >= 0.3 is 5.76 Å². The van der Waals surface area contributed by atoms with Crippen LogP contribution in [0.5, 0.6) is 0 Å². The van der Waals surface area contributed by atoms with Crippen LogP contribution in [0.15, 0.2) is 39.7 Å². The molecule has 0 aromatic carbocycles. The lowest BCUT2D eigenvalue weighted by atomic mass is 9.75. The highest BCUT2D eigenvalue weighted by Crippen LogP contribution is 2.36. The fraction of sp³-hybridized carbons (Fsp3) is 0.375. The zero-order valence-electron chi connectivity index (χ0n) is 14.0. The normalized spacial score (nSPS) is 17.3. The third kappa shape index (κ3) is 3.37. The van der Waals surface area contributed by atoms with Gasteiger partial charge in [-0.3, -0.25) is 5.10 Å². The molecule has 3 aromatic rings. The van der Waals surface area contributed by atoms with E-state index in [1.807, 2.05) is 24.3 Å². The SMILES string of the molecule is O=c1[nH]nc(C2(Cc3cccc(Nc4cc[nH]n4)n3)CCN(O)CC2)o1. The lowest BCUT2D eigenvalue weighted by Gasteiger charge is -2.36. The molecule has 4 rings (SSSR count). The molecule has 3 aromatic heterocycles. The van der Waals surface area contributed by atoms with Crippen molar-refractivity contribution in [3.05, 3.63) is 52.6 Å². The van der Waals surface area contributed by atoms with Gasteiger partial charge in [0.1, 0.15) is 5.82 Å². The Balaban J connectivity index is 1.61. The van der Waals surface area contributed by atoms with Gasteiger partial charge in [0.05, 0.1) is 5.41 Å². The first kappa shape index (κ1) is 16.5. The van der Waals surface area contributed by atoms with E-state index in [1.54, 1.807) is 6.20 Å². The number of piperidine rings is 1. The molecule has 0 aliphatic carbocycles. The Morgan fingerprint density at radius 2 is 2.08 bits per heavy atom. The third-order valence-corrected chi connectivity index (χ3v) is 4.67. The number of hydrogen-bond acceptors (Lipinski definition) is 8. The van der Waals surface area contributed by atoms with Gasteiger partial charge in [-0.25, -0.2) is 14.9 Å². The highest BCUT2D eigenvalue weighted by atomic mass is 16.5. The number of H-pyrrole nitrogens is 2. The Kier molecular flexibility index (Phi) is 4.27. The van der Waals surface area contributed by atoms with E-state index < -0.39 is 11.2 Å². The number of hydroxylamine groups is 2. The van der Waals surface area contributed by atoms with Gasteiger partial charge in [0.25, 0.3) is 0 Å². The quantitative estimate of drug-likeness (QED) is 0.534. The number of pyridine rings is 1. The Labute approximate surface area is 148 Å². The smallest absolute Gasteiger partial charge is 0.392 e. The van der Waals surface area contributed by atoms with Crippen molar-refractivity contribution in [2.75, 3.05) is 18.4 Å². The van der Waals surface area contributed by atoms with Crippen LogP contribution in [-0.2, 0) is 11.8 Å². The predicted octanol–water partition coefficient (Wildman–Crippen LogP) is 1.19. The summed E-state index contributed by atoms with van der Waals surface area (Å²) in [6, 6.07) is 7.50. The molecule has 1 aliphatic rings. The maximum Gasteiger partial charge on any atom is 0.434 e. The van der Waals surface area contributed by atoms with E-state index in [-0.39, 0.29) is 0 Å². The summed E-state index contributed by atoms with van der Waals surface area (Å²) >= 11 is 0. The van der Waals surface area contributed by atoms with Gasteiger partial charge in [0.2, 0.25) is 5.89 Å². The molecule has 136 valence electrons. The molecule has 10 nitrogen and oxygen atoms in total. The van der Waals surface area contributed by atoms with Crippen LogP contribution in [0.25, 0.3) is 0 Å². The second-order valence-corrected chi connectivity index (χ2v) is 6.43. The largest absolute Gasteiger partial charge is 0.434 e. The summed E-state index contributed by atoms with van der Waals surface area (Å²) in [5, 5.41) is 27.3. The van der Waals surface area contributed by atoms with Crippen molar-refractivity contribution in [2.45, 2.75) is 24.7 Å². The van der Waals surface area contributed by atoms with Gasteiger partial charge < -0.3 is 14.9 Å². The number of nitrogens with one attached hydrogen (secondary N) is 3. The first-order valence-corrected chi connectivity index (χ1v) is 8.36. The number of aromatic amines is 2. The van der Waals surface area contributed by atoms with E-state index in [0.29, 0.717) is 49.9 Å². The molecule has 0 amide bonds. The molecule has 0 bridgehead atoms. The molecule has 4 heterocycles. The second kappa shape index (κ2) is 6.73. The van der Waals surface area contributed by atoms with Crippen LogP contribution in [0, 0.1) is 0 Å². The molecule has 0 unspecified atom stereocenters. The van der Waals surface area contributed by atoms with E-state index in [9.17, 15) is 10.0 Å². The zero-order valence-corrected chi connectivity index (χ0v) is 14.0. The first-order valence-electron chi connectivity index (χ1n) is 8.36. The van der Waals surface area contributed by atoms with Crippen LogP contribution in [0.2, 0.25) is 0 Å². The van der Waals surface area contributed by atoms with Crippen LogP contribution in [-0.4, -0.2) is 48.7 Å². The van der Waals surface area contributed by atoms with Crippen LogP contribution >= 0.6 is 0 Å². The van der Waals surface area contributed by atoms with Crippen molar-refractivity contribution >= 4 is 11.6 Å². The fourth-order valence-electron chi connectivity index (χ4n) is 3.30. The van der Waals surface area contributed by atoms with Crippen molar-refractivity contribution in [3.63, 3.8) is 0 Å². The highest BCUT2D eigenvalue weighted by molar-refractivity contribution is 5.50. The molecule has 1 aliphatic heterocycles. The molecule has 0 spiro atoms. The van der Waals surface area contributed by atoms with Gasteiger partial charge in [0.15, 0.2) is 5.82 Å². The standard InChI is InChI=1S/C16H19N7O3/c24-15-22-21-14(26-15)16(5-8-23(25)9-6-16)10-11-2-1-3-12(18-11)19-13-4-7-17-20-13/h1-4,7,25H,5-6,8-10H2,(H,22,24)(H2,17,18,19,20). The van der Waals surface area contributed by atoms with Crippen molar-refractivity contribution < 1.29 is 9.62 Å². The lowest BCUT2D eigenvalue weighted by molar-refractivity contribution is -0.118. The minimum Gasteiger partial charge on any atom is -0.392 e. The van der Waals surface area contributed by atoms with Gasteiger partial charge in [-0.1, -0.05) is 6.07 Å². The topological polar surface area (TPSA) is 136 Å². The van der Waals surface area contributed by atoms with E-state index in [1.165, 1.54) is 5.06 Å². The van der Waals surface area contributed by atoms with Crippen LogP contribution < -0.4 is 11.1 Å². The molecular formula is C16H19N7O3. The van der Waals surface area contributed by atoms with Crippen molar-refractivity contribution in [1.29, 1.82) is 0 Å². The summed E-state index contributed by atoms with van der Waals surface area (Å²) in [5.74, 6) is 1.14. The maximum atomic E-state index is 11.4. The molecule has 0 radical (unpaired) electrons. The fourth-order valence-corrected chi connectivity index (χ4v) is 3.30. The molecule has 1 saturated heterocycles. The van der Waals surface area contributed by atoms with Crippen LogP contribution in [0.4, 0.5) is 11.6 Å². The Morgan fingerprint density at radius 3 is 2.77 bits per heavy atom. The van der Waals surface area contributed by atoms with Gasteiger partial charge in [-0.2, -0.15) is 10.2 Å². The summed E-state index contributed by atoms with van der Waals surface area (Å²) < 4.78 is 5.27. The monoisotopic (exact) mass is 357 g/mol. The minimum atomic E-state index is -0.576. The molecule has 0 atom stereocenters. The zero-order chi connectivity index (χ0) is 18.0. The summed E-state index contributed by atoms with van der Waals surface area (Å²) in [6.07, 6.45) is 3.49. The summed E-state index contributed by atoms with van der Waals surface area (Å²) in [4.78, 5) is 16.1. The van der Waals surface area contributed by atoms with Crippen molar-refractivity contribution in [2.24, 2.45) is 0 Å². The van der Waals surface area contributed by atoms with E-state index in [0.717, 1.165) is 5.69 Å². The molecule has 10 heteroatoms. The number of hydrogen-bond donors (Lipinski definition) is 4. The van der Waals surface area contributed by atoms with Crippen LogP contribution in [0.1, 0.15) is 24.4 Å². The van der Waals surface area contributed by atoms with E-state index in [4.69, 9.17) is 4.42 Å². The summed E-state index contributed by atoms with van der Waals surface area (Å²) in [7, 11) is 0. The Bertz CT molecular complexity index is 910. The predicted molar refractivity (Wildman–Crippen MR) is 91.2 cm³/mol. The van der Waals surface area contributed by atoms with E-state index >= 15 is 0 Å². The average Bonchev–Trinajstić information content (AvgIpc) is 3.30. The van der Waals surface area contributed by atoms with Gasteiger partial charge in [-0.15, -0.1) is 5.10 Å². The molecule has 0 saturated carbocycles. The molecule has 26 heavy (non-hydrogen) atoms. The number of nitrogens with zero attached hydrogens (tertiary/aromatic N) is 4. The van der Waals surface area contributed by atoms with Gasteiger partial charge in [-0.05, 0) is 25.0 Å². The third-order valence-electron chi connectivity index (χ3n) is 4.67. The minimum absolute atomic E-state index is 0.364. The Hall–Kier alpha value is -2.98. The van der Waals surface area contributed by atoms with Crippen molar-refractivity contribution in [3.8, 4) is 0 Å². The maximum absolute atomic E-state index is 11.4. The average molecular weight is 357 g/mol. The molecule has 4 N–H and O–H groups in total. The van der Waals surface area contributed by atoms with Crippen LogP contribution in [0.3, 0.4) is 0 Å². The number of rotatable bonds is 5. The van der Waals surface area contributed by atoms with Gasteiger partial charge in [0, 0.05) is 37.5 Å². The lowest BCUT2D eigenvalue weighted by Crippen LogP contribution is -2.43. The molecular weight excluding hydrogens is 338 g/mol. The summed E-state index contributed by atoms with van der Waals surface area (Å²) in [5.41, 5.74) is 0.346. The summed E-state index contributed by atoms with van der Waals surface area (Å²) in [6.45, 7) is 0.948. The first-order chi connectivity index (χ1) is 12.6. The van der Waals surface area contributed by atoms with E-state index in [2.05, 4.69) is 30.7 Å². The highest BCUT2D eigenvalue weighted by Gasteiger charge is 2.41. The number of aromatic nitrogens is 5. The number of anilines is 2. The Morgan fingerprint density at radius 1 is 1.23 bits per heavy atom. The second-order valence-electron chi connectivity index (χ2n) is 6.43.